The number of esters is 1. The van der Waals surface area contributed by atoms with Crippen molar-refractivity contribution in [2.24, 2.45) is 0 Å². The quantitative estimate of drug-likeness (QED) is 0.396. The van der Waals surface area contributed by atoms with Crippen LogP contribution in [0.15, 0.2) is 41.3 Å². The molecule has 0 bridgehead atoms. The fourth-order valence-electron chi connectivity index (χ4n) is 3.02. The van der Waals surface area contributed by atoms with Crippen molar-refractivity contribution in [3.63, 3.8) is 0 Å². The standard InChI is InChI=1S/C21H21NO4S2/c1-4-25-17-11-10-14-8-6-7-9-15(14)16(17)12-18-19(23)22(21(27)28-18)13(3)20(24)26-5-2/h6-13H,4-5H2,1-3H3/b18-12-. The number of hydrogen-bond donors (Lipinski definition) is 0. The molecule has 1 aliphatic heterocycles. The molecule has 0 aliphatic carbocycles. The van der Waals surface area contributed by atoms with Gasteiger partial charge in [-0.25, -0.2) is 4.79 Å². The molecule has 1 amide bonds. The summed E-state index contributed by atoms with van der Waals surface area (Å²) in [6.07, 6.45) is 1.80. The van der Waals surface area contributed by atoms with Gasteiger partial charge in [-0.2, -0.15) is 0 Å². The van der Waals surface area contributed by atoms with Crippen molar-refractivity contribution in [1.29, 1.82) is 0 Å². The topological polar surface area (TPSA) is 55.8 Å². The van der Waals surface area contributed by atoms with Gasteiger partial charge in [-0.05, 0) is 43.7 Å². The highest BCUT2D eigenvalue weighted by Crippen LogP contribution is 2.37. The van der Waals surface area contributed by atoms with Gasteiger partial charge in [0.1, 0.15) is 16.1 Å². The van der Waals surface area contributed by atoms with Crippen LogP contribution in [0.2, 0.25) is 0 Å². The first-order chi connectivity index (χ1) is 13.5. The fraction of sp³-hybridized carbons (Fsp3) is 0.286. The van der Waals surface area contributed by atoms with Crippen LogP contribution in [-0.2, 0) is 14.3 Å². The molecule has 0 saturated carbocycles. The maximum atomic E-state index is 13.0. The average Bonchev–Trinajstić information content (AvgIpc) is 2.96. The van der Waals surface area contributed by atoms with Crippen LogP contribution < -0.4 is 4.74 Å². The van der Waals surface area contributed by atoms with E-state index in [4.69, 9.17) is 21.7 Å². The number of nitrogens with zero attached hydrogens (tertiary/aromatic N) is 1. The third-order valence-corrected chi connectivity index (χ3v) is 5.67. The van der Waals surface area contributed by atoms with Crippen molar-refractivity contribution >= 4 is 57.0 Å². The first-order valence-corrected chi connectivity index (χ1v) is 10.3. The van der Waals surface area contributed by atoms with E-state index < -0.39 is 12.0 Å². The van der Waals surface area contributed by atoms with Gasteiger partial charge in [-0.3, -0.25) is 9.69 Å². The molecule has 2 aromatic carbocycles. The molecule has 146 valence electrons. The van der Waals surface area contributed by atoms with Crippen LogP contribution in [0.4, 0.5) is 0 Å². The Hall–Kier alpha value is -2.38. The van der Waals surface area contributed by atoms with Crippen molar-refractivity contribution in [1.82, 2.24) is 4.90 Å². The van der Waals surface area contributed by atoms with Crippen molar-refractivity contribution in [2.75, 3.05) is 13.2 Å². The van der Waals surface area contributed by atoms with Gasteiger partial charge in [0, 0.05) is 5.56 Å². The van der Waals surface area contributed by atoms with Crippen LogP contribution >= 0.6 is 24.0 Å². The summed E-state index contributed by atoms with van der Waals surface area (Å²) < 4.78 is 11.2. The maximum Gasteiger partial charge on any atom is 0.329 e. The minimum atomic E-state index is -0.766. The van der Waals surface area contributed by atoms with Gasteiger partial charge >= 0.3 is 5.97 Å². The molecule has 2 aromatic rings. The van der Waals surface area contributed by atoms with Gasteiger partial charge in [0.25, 0.3) is 5.91 Å². The third-order valence-electron chi connectivity index (χ3n) is 4.34. The van der Waals surface area contributed by atoms with E-state index in [0.29, 0.717) is 21.6 Å². The molecule has 0 N–H and O–H groups in total. The molecule has 1 heterocycles. The highest BCUT2D eigenvalue weighted by Gasteiger charge is 2.39. The maximum absolute atomic E-state index is 13.0. The fourth-order valence-corrected chi connectivity index (χ4v) is 4.42. The predicted octanol–water partition coefficient (Wildman–Crippen LogP) is 4.39. The van der Waals surface area contributed by atoms with E-state index in [1.54, 1.807) is 19.9 Å². The summed E-state index contributed by atoms with van der Waals surface area (Å²) in [5, 5.41) is 2.03. The number of benzene rings is 2. The number of amides is 1. The van der Waals surface area contributed by atoms with E-state index in [9.17, 15) is 9.59 Å². The van der Waals surface area contributed by atoms with Crippen LogP contribution in [0.25, 0.3) is 16.8 Å². The number of rotatable bonds is 6. The molecule has 1 saturated heterocycles. The van der Waals surface area contributed by atoms with E-state index >= 15 is 0 Å². The first-order valence-electron chi connectivity index (χ1n) is 9.06. The van der Waals surface area contributed by atoms with Crippen molar-refractivity contribution < 1.29 is 19.1 Å². The van der Waals surface area contributed by atoms with Crippen LogP contribution in [0.5, 0.6) is 5.75 Å². The van der Waals surface area contributed by atoms with Gasteiger partial charge in [-0.15, -0.1) is 0 Å². The molecule has 0 aromatic heterocycles. The highest BCUT2D eigenvalue weighted by molar-refractivity contribution is 8.26. The lowest BCUT2D eigenvalue weighted by molar-refractivity contribution is -0.149. The molecule has 1 atom stereocenters. The number of carbonyl (C=O) groups excluding carboxylic acids is 2. The first kappa shape index (κ1) is 20.4. The van der Waals surface area contributed by atoms with Crippen molar-refractivity contribution in [2.45, 2.75) is 26.8 Å². The number of thiocarbonyl (C=S) groups is 1. The van der Waals surface area contributed by atoms with Crippen LogP contribution in [0, 0.1) is 0 Å². The molecule has 3 rings (SSSR count). The van der Waals surface area contributed by atoms with Crippen LogP contribution in [0.3, 0.4) is 0 Å². The zero-order valence-electron chi connectivity index (χ0n) is 15.9. The Labute approximate surface area is 173 Å². The molecule has 1 aliphatic rings. The Bertz CT molecular complexity index is 970. The number of hydrogen-bond acceptors (Lipinski definition) is 6. The molecule has 28 heavy (non-hydrogen) atoms. The molecule has 1 fully saturated rings. The Morgan fingerprint density at radius 3 is 2.68 bits per heavy atom. The molecule has 0 radical (unpaired) electrons. The minimum Gasteiger partial charge on any atom is -0.493 e. The number of ether oxygens (including phenoxy) is 2. The summed E-state index contributed by atoms with van der Waals surface area (Å²) in [5.41, 5.74) is 0.823. The van der Waals surface area contributed by atoms with Crippen LogP contribution in [0.1, 0.15) is 26.3 Å². The average molecular weight is 416 g/mol. The normalized spacial score (nSPS) is 16.7. The highest BCUT2D eigenvalue weighted by atomic mass is 32.2. The third kappa shape index (κ3) is 3.91. The second-order valence-electron chi connectivity index (χ2n) is 6.11. The summed E-state index contributed by atoms with van der Waals surface area (Å²) in [4.78, 5) is 26.8. The molecular formula is C21H21NO4S2. The van der Waals surface area contributed by atoms with Gasteiger partial charge < -0.3 is 9.47 Å². The Balaban J connectivity index is 2.02. The van der Waals surface area contributed by atoms with E-state index in [1.165, 1.54) is 16.7 Å². The van der Waals surface area contributed by atoms with E-state index in [-0.39, 0.29) is 12.5 Å². The Kier molecular flexibility index (Phi) is 6.36. The molecular weight excluding hydrogens is 394 g/mol. The monoisotopic (exact) mass is 415 g/mol. The molecule has 0 spiro atoms. The lowest BCUT2D eigenvalue weighted by atomic mass is 10.0. The second kappa shape index (κ2) is 8.75. The number of fused-ring (bicyclic) bond motifs is 1. The summed E-state index contributed by atoms with van der Waals surface area (Å²) in [6, 6.07) is 11.0. The Morgan fingerprint density at radius 1 is 1.21 bits per heavy atom. The predicted molar refractivity (Wildman–Crippen MR) is 116 cm³/mol. The largest absolute Gasteiger partial charge is 0.493 e. The Morgan fingerprint density at radius 2 is 1.96 bits per heavy atom. The SMILES string of the molecule is CCOC(=O)C(C)N1C(=O)/C(=C/c2c(OCC)ccc3ccccc23)SC1=S. The summed E-state index contributed by atoms with van der Waals surface area (Å²) in [7, 11) is 0. The smallest absolute Gasteiger partial charge is 0.329 e. The second-order valence-corrected chi connectivity index (χ2v) is 7.79. The lowest BCUT2D eigenvalue weighted by Crippen LogP contribution is -2.42. The lowest BCUT2D eigenvalue weighted by Gasteiger charge is -2.21. The van der Waals surface area contributed by atoms with E-state index in [0.717, 1.165) is 16.3 Å². The zero-order chi connectivity index (χ0) is 20.3. The summed E-state index contributed by atoms with van der Waals surface area (Å²) in [5.74, 6) is -0.0731. The van der Waals surface area contributed by atoms with Crippen LogP contribution in [-0.4, -0.2) is 40.4 Å². The van der Waals surface area contributed by atoms with Gasteiger partial charge in [0.2, 0.25) is 0 Å². The summed E-state index contributed by atoms with van der Waals surface area (Å²) in [6.45, 7) is 6.03. The van der Waals surface area contributed by atoms with Crippen molar-refractivity contribution in [3.8, 4) is 5.75 Å². The molecule has 5 nitrogen and oxygen atoms in total. The number of carbonyl (C=O) groups is 2. The van der Waals surface area contributed by atoms with Crippen molar-refractivity contribution in [3.05, 3.63) is 46.9 Å². The van der Waals surface area contributed by atoms with Gasteiger partial charge in [0.15, 0.2) is 0 Å². The zero-order valence-corrected chi connectivity index (χ0v) is 17.6. The number of thioether (sulfide) groups is 1. The van der Waals surface area contributed by atoms with Gasteiger partial charge in [0.05, 0.1) is 18.1 Å². The molecule has 7 heteroatoms. The molecule has 1 unspecified atom stereocenters. The van der Waals surface area contributed by atoms with Gasteiger partial charge in [-0.1, -0.05) is 54.3 Å². The summed E-state index contributed by atoms with van der Waals surface area (Å²) >= 11 is 6.54. The minimum absolute atomic E-state index is 0.252. The van der Waals surface area contributed by atoms with E-state index in [1.807, 2.05) is 43.3 Å². The van der Waals surface area contributed by atoms with E-state index in [2.05, 4.69) is 0 Å².